The highest BCUT2D eigenvalue weighted by molar-refractivity contribution is 6.30. The molecule has 1 N–H and O–H groups in total. The van der Waals surface area contributed by atoms with E-state index in [0.717, 1.165) is 0 Å². The number of benzene rings is 2. The monoisotopic (exact) mass is 305 g/mol. The molecule has 0 saturated heterocycles. The first kappa shape index (κ1) is 15.2. The lowest BCUT2D eigenvalue weighted by atomic mass is 10.1. The summed E-state index contributed by atoms with van der Waals surface area (Å²) in [7, 11) is 0. The number of halogens is 2. The third-order valence-electron chi connectivity index (χ3n) is 2.92. The predicted octanol–water partition coefficient (Wildman–Crippen LogP) is 3.86. The molecule has 3 nitrogen and oxygen atoms in total. The molecule has 0 aliphatic rings. The van der Waals surface area contributed by atoms with Gasteiger partial charge in [0.1, 0.15) is 5.82 Å². The van der Waals surface area contributed by atoms with Gasteiger partial charge in [0.05, 0.1) is 6.42 Å². The smallest absolute Gasteiger partial charge is 0.228 e. The number of hydrogen-bond donors (Lipinski definition) is 1. The van der Waals surface area contributed by atoms with Crippen LogP contribution in [0.1, 0.15) is 22.8 Å². The highest BCUT2D eigenvalue weighted by Crippen LogP contribution is 2.16. The number of anilines is 1. The van der Waals surface area contributed by atoms with E-state index in [9.17, 15) is 14.0 Å². The zero-order valence-corrected chi connectivity index (χ0v) is 12.1. The molecule has 1 amide bonds. The summed E-state index contributed by atoms with van der Waals surface area (Å²) in [5.41, 5.74) is 1.27. The molecule has 5 heteroatoms. The Morgan fingerprint density at radius 1 is 1.19 bits per heavy atom. The number of carbonyl (C=O) groups excluding carboxylic acids is 2. The Hall–Kier alpha value is -2.20. The molecule has 0 aliphatic heterocycles. The van der Waals surface area contributed by atoms with Gasteiger partial charge in [0.15, 0.2) is 5.78 Å². The van der Waals surface area contributed by atoms with E-state index in [4.69, 9.17) is 11.6 Å². The summed E-state index contributed by atoms with van der Waals surface area (Å²) in [6.45, 7) is 1.45. The molecule has 21 heavy (non-hydrogen) atoms. The van der Waals surface area contributed by atoms with Crippen molar-refractivity contribution in [3.8, 4) is 0 Å². The standard InChI is InChI=1S/C16H13ClFNO2/c1-10(20)11-3-2-4-14(7-11)19-16(21)8-12-5-6-13(17)9-15(12)18/h2-7,9H,8H2,1H3,(H,19,21). The van der Waals surface area contributed by atoms with Crippen molar-refractivity contribution in [2.45, 2.75) is 13.3 Å². The third-order valence-corrected chi connectivity index (χ3v) is 3.15. The SMILES string of the molecule is CC(=O)c1cccc(NC(=O)Cc2ccc(Cl)cc2F)c1. The first-order valence-electron chi connectivity index (χ1n) is 6.30. The second-order valence-electron chi connectivity index (χ2n) is 4.60. The maximum Gasteiger partial charge on any atom is 0.228 e. The number of nitrogens with one attached hydrogen (secondary N) is 1. The van der Waals surface area contributed by atoms with E-state index in [0.29, 0.717) is 11.3 Å². The molecular formula is C16H13ClFNO2. The Labute approximate surface area is 126 Å². The average molecular weight is 306 g/mol. The average Bonchev–Trinajstić information content (AvgIpc) is 2.42. The van der Waals surface area contributed by atoms with E-state index in [-0.39, 0.29) is 28.7 Å². The van der Waals surface area contributed by atoms with E-state index in [1.54, 1.807) is 24.3 Å². The minimum absolute atomic E-state index is 0.0881. The van der Waals surface area contributed by atoms with Gasteiger partial charge in [0, 0.05) is 16.3 Å². The minimum atomic E-state index is -0.518. The number of Topliss-reactive ketones (excluding diaryl/α,β-unsaturated/α-hetero) is 1. The Morgan fingerprint density at radius 3 is 2.62 bits per heavy atom. The number of amides is 1. The topological polar surface area (TPSA) is 46.2 Å². The van der Waals surface area contributed by atoms with E-state index in [1.807, 2.05) is 0 Å². The van der Waals surface area contributed by atoms with Crippen LogP contribution in [0.3, 0.4) is 0 Å². The molecule has 0 bridgehead atoms. The number of rotatable bonds is 4. The summed E-state index contributed by atoms with van der Waals surface area (Å²) in [6, 6.07) is 10.8. The lowest BCUT2D eigenvalue weighted by molar-refractivity contribution is -0.115. The summed E-state index contributed by atoms with van der Waals surface area (Å²) in [5.74, 6) is -0.970. The van der Waals surface area contributed by atoms with Gasteiger partial charge in [-0.2, -0.15) is 0 Å². The number of carbonyl (C=O) groups is 2. The predicted molar refractivity (Wildman–Crippen MR) is 80.2 cm³/mol. The maximum absolute atomic E-state index is 13.6. The Balaban J connectivity index is 2.08. The van der Waals surface area contributed by atoms with Crippen molar-refractivity contribution < 1.29 is 14.0 Å². The van der Waals surface area contributed by atoms with Gasteiger partial charge in [0.25, 0.3) is 0 Å². The van der Waals surface area contributed by atoms with Gasteiger partial charge in [-0.15, -0.1) is 0 Å². The van der Waals surface area contributed by atoms with Crippen LogP contribution in [-0.4, -0.2) is 11.7 Å². The maximum atomic E-state index is 13.6. The third kappa shape index (κ3) is 4.13. The fraction of sp³-hybridized carbons (Fsp3) is 0.125. The normalized spacial score (nSPS) is 10.2. The molecule has 0 aromatic heterocycles. The van der Waals surface area contributed by atoms with Gasteiger partial charge in [-0.3, -0.25) is 9.59 Å². The van der Waals surface area contributed by atoms with Crippen LogP contribution in [0, 0.1) is 5.82 Å². The van der Waals surface area contributed by atoms with Gasteiger partial charge in [-0.05, 0) is 36.8 Å². The Bertz CT molecular complexity index is 700. The molecule has 2 aromatic rings. The second kappa shape index (κ2) is 6.50. The molecule has 0 radical (unpaired) electrons. The lowest BCUT2D eigenvalue weighted by Gasteiger charge is -2.07. The summed E-state index contributed by atoms with van der Waals surface area (Å²) in [6.07, 6.45) is -0.104. The molecule has 0 heterocycles. The largest absolute Gasteiger partial charge is 0.326 e. The van der Waals surface area contributed by atoms with Gasteiger partial charge in [-0.25, -0.2) is 4.39 Å². The molecule has 0 spiro atoms. The molecule has 0 atom stereocenters. The first-order valence-corrected chi connectivity index (χ1v) is 6.68. The van der Waals surface area contributed by atoms with Crippen LogP contribution in [0.2, 0.25) is 5.02 Å². The zero-order valence-electron chi connectivity index (χ0n) is 11.3. The van der Waals surface area contributed by atoms with E-state index in [2.05, 4.69) is 5.32 Å². The molecule has 0 fully saturated rings. The molecule has 0 unspecified atom stereocenters. The van der Waals surface area contributed by atoms with Gasteiger partial charge in [-0.1, -0.05) is 29.8 Å². The van der Waals surface area contributed by atoms with Crippen LogP contribution in [0.25, 0.3) is 0 Å². The van der Waals surface area contributed by atoms with Crippen molar-refractivity contribution in [3.05, 3.63) is 64.4 Å². The fourth-order valence-electron chi connectivity index (χ4n) is 1.86. The van der Waals surface area contributed by atoms with Crippen LogP contribution in [0.5, 0.6) is 0 Å². The Kier molecular flexibility index (Phi) is 4.70. The van der Waals surface area contributed by atoms with Crippen LogP contribution in [0.4, 0.5) is 10.1 Å². The quantitative estimate of drug-likeness (QED) is 0.872. The van der Waals surface area contributed by atoms with Crippen molar-refractivity contribution in [3.63, 3.8) is 0 Å². The van der Waals surface area contributed by atoms with Gasteiger partial charge in [0.2, 0.25) is 5.91 Å². The summed E-state index contributed by atoms with van der Waals surface area (Å²) < 4.78 is 13.6. The van der Waals surface area contributed by atoms with Crippen LogP contribution >= 0.6 is 11.6 Å². The highest BCUT2D eigenvalue weighted by Gasteiger charge is 2.10. The number of ketones is 1. The van der Waals surface area contributed by atoms with Gasteiger partial charge < -0.3 is 5.32 Å². The Morgan fingerprint density at radius 2 is 1.95 bits per heavy atom. The second-order valence-corrected chi connectivity index (χ2v) is 5.03. The van der Waals surface area contributed by atoms with Crippen molar-refractivity contribution in [2.24, 2.45) is 0 Å². The van der Waals surface area contributed by atoms with Crippen LogP contribution in [-0.2, 0) is 11.2 Å². The fourth-order valence-corrected chi connectivity index (χ4v) is 2.02. The van der Waals surface area contributed by atoms with Crippen molar-refractivity contribution in [1.82, 2.24) is 0 Å². The minimum Gasteiger partial charge on any atom is -0.326 e. The number of hydrogen-bond acceptors (Lipinski definition) is 2. The zero-order chi connectivity index (χ0) is 15.4. The van der Waals surface area contributed by atoms with Crippen molar-refractivity contribution >= 4 is 29.0 Å². The van der Waals surface area contributed by atoms with E-state index in [1.165, 1.54) is 25.1 Å². The van der Waals surface area contributed by atoms with Crippen LogP contribution < -0.4 is 5.32 Å². The summed E-state index contributed by atoms with van der Waals surface area (Å²) >= 11 is 5.66. The molecule has 108 valence electrons. The lowest BCUT2D eigenvalue weighted by Crippen LogP contribution is -2.15. The summed E-state index contributed by atoms with van der Waals surface area (Å²) in [4.78, 5) is 23.2. The molecule has 0 aliphatic carbocycles. The van der Waals surface area contributed by atoms with E-state index >= 15 is 0 Å². The van der Waals surface area contributed by atoms with Crippen molar-refractivity contribution in [2.75, 3.05) is 5.32 Å². The van der Waals surface area contributed by atoms with E-state index < -0.39 is 5.82 Å². The molecule has 2 aromatic carbocycles. The van der Waals surface area contributed by atoms with Gasteiger partial charge >= 0.3 is 0 Å². The van der Waals surface area contributed by atoms with Crippen molar-refractivity contribution in [1.29, 1.82) is 0 Å². The first-order chi connectivity index (χ1) is 9.95. The summed E-state index contributed by atoms with van der Waals surface area (Å²) in [5, 5.41) is 2.92. The highest BCUT2D eigenvalue weighted by atomic mass is 35.5. The van der Waals surface area contributed by atoms with Crippen LogP contribution in [0.15, 0.2) is 42.5 Å². The molecular weight excluding hydrogens is 293 g/mol. The molecule has 0 saturated carbocycles. The molecule has 2 rings (SSSR count).